The Morgan fingerprint density at radius 3 is 2.59 bits per heavy atom. The van der Waals surface area contributed by atoms with Crippen LogP contribution in [-0.4, -0.2) is 29.5 Å². The van der Waals surface area contributed by atoms with Gasteiger partial charge in [-0.25, -0.2) is 9.69 Å². The van der Waals surface area contributed by atoms with Gasteiger partial charge >= 0.3 is 6.09 Å². The molecule has 22 heavy (non-hydrogen) atoms. The van der Waals surface area contributed by atoms with Crippen molar-refractivity contribution in [1.82, 2.24) is 4.90 Å². The molecule has 120 valence electrons. The summed E-state index contributed by atoms with van der Waals surface area (Å²) >= 11 is 10.5. The van der Waals surface area contributed by atoms with Gasteiger partial charge in [0.2, 0.25) is 5.91 Å². The lowest BCUT2D eigenvalue weighted by Crippen LogP contribution is -2.43. The molecule has 1 aliphatic heterocycles. The molecule has 2 amide bonds. The van der Waals surface area contributed by atoms with Crippen molar-refractivity contribution in [2.45, 2.75) is 38.0 Å². The van der Waals surface area contributed by atoms with E-state index < -0.39 is 10.8 Å². The average Bonchev–Trinajstić information content (AvgIpc) is 2.81. The van der Waals surface area contributed by atoms with Crippen molar-refractivity contribution in [3.05, 3.63) is 34.9 Å². The monoisotopic (exact) mass is 341 g/mol. The van der Waals surface area contributed by atoms with Crippen LogP contribution in [0.1, 0.15) is 32.8 Å². The fourth-order valence-electron chi connectivity index (χ4n) is 2.50. The largest absolute Gasteiger partial charge is 0.447 e. The first kappa shape index (κ1) is 17.2. The summed E-state index contributed by atoms with van der Waals surface area (Å²) in [6, 6.07) is 6.98. The van der Waals surface area contributed by atoms with E-state index in [9.17, 15) is 9.59 Å². The molecular weight excluding hydrogens is 322 g/mol. The van der Waals surface area contributed by atoms with Gasteiger partial charge in [0.1, 0.15) is 6.61 Å². The number of amides is 2. The van der Waals surface area contributed by atoms with Crippen LogP contribution in [0.3, 0.4) is 0 Å². The zero-order chi connectivity index (χ0) is 16.5. The van der Waals surface area contributed by atoms with Crippen LogP contribution in [0.5, 0.6) is 0 Å². The van der Waals surface area contributed by atoms with Crippen LogP contribution in [0.2, 0.25) is 5.02 Å². The molecule has 0 radical (unpaired) electrons. The zero-order valence-corrected chi connectivity index (χ0v) is 14.5. The number of hydrogen-bond acceptors (Lipinski definition) is 4. The molecular formula is C16H20ClNO3S. The fourth-order valence-corrected chi connectivity index (χ4v) is 2.91. The molecule has 0 bridgehead atoms. The molecule has 0 unspecified atom stereocenters. The number of benzene rings is 1. The van der Waals surface area contributed by atoms with Crippen molar-refractivity contribution >= 4 is 36.2 Å². The van der Waals surface area contributed by atoms with Crippen LogP contribution < -0.4 is 0 Å². The van der Waals surface area contributed by atoms with Crippen molar-refractivity contribution < 1.29 is 14.3 Å². The van der Waals surface area contributed by atoms with E-state index in [1.54, 1.807) is 12.1 Å². The number of hydrogen-bond donors (Lipinski definition) is 1. The highest BCUT2D eigenvalue weighted by Crippen LogP contribution is 2.34. The van der Waals surface area contributed by atoms with Crippen LogP contribution in [-0.2, 0) is 14.3 Å². The number of thiol groups is 1. The fraction of sp³-hybridized carbons (Fsp3) is 0.500. The van der Waals surface area contributed by atoms with Crippen LogP contribution in [0, 0.1) is 5.92 Å². The van der Waals surface area contributed by atoms with Crippen molar-refractivity contribution in [1.29, 1.82) is 0 Å². The molecule has 0 aliphatic carbocycles. The van der Waals surface area contributed by atoms with E-state index >= 15 is 0 Å². The van der Waals surface area contributed by atoms with Crippen LogP contribution in [0.25, 0.3) is 0 Å². The molecule has 0 spiro atoms. The third kappa shape index (κ3) is 3.58. The molecule has 1 aromatic carbocycles. The van der Waals surface area contributed by atoms with Crippen molar-refractivity contribution in [3.63, 3.8) is 0 Å². The Hall–Kier alpha value is -1.20. The number of nitrogens with zero attached hydrogens (tertiary/aromatic N) is 1. The van der Waals surface area contributed by atoms with E-state index in [2.05, 4.69) is 12.6 Å². The summed E-state index contributed by atoms with van der Waals surface area (Å²) in [4.78, 5) is 25.6. The van der Waals surface area contributed by atoms with E-state index in [1.807, 2.05) is 32.9 Å². The highest BCUT2D eigenvalue weighted by atomic mass is 35.5. The van der Waals surface area contributed by atoms with Crippen LogP contribution >= 0.6 is 24.2 Å². The molecule has 2 atom stereocenters. The molecule has 0 aromatic heterocycles. The van der Waals surface area contributed by atoms with Gasteiger partial charge in [-0.3, -0.25) is 4.79 Å². The van der Waals surface area contributed by atoms with E-state index in [0.717, 1.165) is 5.56 Å². The Kier molecular flexibility index (Phi) is 5.07. The average molecular weight is 342 g/mol. The summed E-state index contributed by atoms with van der Waals surface area (Å²) < 4.78 is 4.33. The molecule has 2 rings (SSSR count). The van der Waals surface area contributed by atoms with Gasteiger partial charge in [0, 0.05) is 16.2 Å². The Morgan fingerprint density at radius 2 is 2.05 bits per heavy atom. The van der Waals surface area contributed by atoms with Crippen molar-refractivity contribution in [3.8, 4) is 0 Å². The molecule has 1 fully saturated rings. The van der Waals surface area contributed by atoms with E-state index in [-0.39, 0.29) is 30.9 Å². The summed E-state index contributed by atoms with van der Waals surface area (Å²) in [5, 5.41) is 0.627. The van der Waals surface area contributed by atoms with Gasteiger partial charge in [-0.15, -0.1) is 0 Å². The summed E-state index contributed by atoms with van der Waals surface area (Å²) in [5.41, 5.74) is 0.877. The molecule has 1 saturated heterocycles. The second-order valence-electron chi connectivity index (χ2n) is 6.11. The summed E-state index contributed by atoms with van der Waals surface area (Å²) in [6.07, 6.45) is -0.459. The predicted octanol–water partition coefficient (Wildman–Crippen LogP) is 3.88. The van der Waals surface area contributed by atoms with E-state index in [0.29, 0.717) is 5.02 Å². The predicted molar refractivity (Wildman–Crippen MR) is 89.2 cm³/mol. The van der Waals surface area contributed by atoms with Gasteiger partial charge in [0.15, 0.2) is 0 Å². The Labute approximate surface area is 141 Å². The van der Waals surface area contributed by atoms with Crippen molar-refractivity contribution in [2.75, 3.05) is 6.61 Å². The second-order valence-corrected chi connectivity index (χ2v) is 7.53. The zero-order valence-electron chi connectivity index (χ0n) is 12.9. The number of rotatable bonds is 4. The summed E-state index contributed by atoms with van der Waals surface area (Å²) in [6.45, 7) is 6.04. The number of carbonyl (C=O) groups is 2. The smallest absolute Gasteiger partial charge is 0.416 e. The summed E-state index contributed by atoms with van der Waals surface area (Å²) in [7, 11) is 0. The van der Waals surface area contributed by atoms with Crippen LogP contribution in [0.4, 0.5) is 4.79 Å². The van der Waals surface area contributed by atoms with E-state index in [1.165, 1.54) is 4.90 Å². The number of cyclic esters (lactones) is 1. The Bertz CT molecular complexity index is 571. The van der Waals surface area contributed by atoms with Gasteiger partial charge in [-0.05, 0) is 30.5 Å². The van der Waals surface area contributed by atoms with Gasteiger partial charge in [0.25, 0.3) is 0 Å². The minimum absolute atomic E-state index is 0.107. The molecule has 1 aliphatic rings. The first-order valence-electron chi connectivity index (χ1n) is 7.19. The van der Waals surface area contributed by atoms with Crippen LogP contribution in [0.15, 0.2) is 24.3 Å². The van der Waals surface area contributed by atoms with E-state index in [4.69, 9.17) is 16.3 Å². The maximum Gasteiger partial charge on any atom is 0.416 e. The van der Waals surface area contributed by atoms with Gasteiger partial charge in [-0.1, -0.05) is 37.6 Å². The third-order valence-corrected chi connectivity index (χ3v) is 4.57. The van der Waals surface area contributed by atoms with Gasteiger partial charge < -0.3 is 4.74 Å². The number of halogens is 1. The molecule has 1 aromatic rings. The quantitative estimate of drug-likeness (QED) is 0.845. The third-order valence-electron chi connectivity index (χ3n) is 3.91. The number of ether oxygens (including phenoxy) is 1. The molecule has 4 nitrogen and oxygen atoms in total. The lowest BCUT2D eigenvalue weighted by atomic mass is 9.95. The van der Waals surface area contributed by atoms with Crippen molar-refractivity contribution in [2.24, 2.45) is 5.92 Å². The molecule has 0 saturated carbocycles. The first-order valence-corrected chi connectivity index (χ1v) is 8.02. The Morgan fingerprint density at radius 1 is 1.45 bits per heavy atom. The topological polar surface area (TPSA) is 46.6 Å². The second kappa shape index (κ2) is 6.50. The standard InChI is InChI=1S/C16H20ClNO3S/c1-10(2)13-9-21-15(20)18(13)14(19)8-16(3,22)11-4-6-12(17)7-5-11/h4-7,10,13,22H,8-9H2,1-3H3/t13-,16+/m1/s1. The lowest BCUT2D eigenvalue weighted by Gasteiger charge is -2.28. The summed E-state index contributed by atoms with van der Waals surface area (Å²) in [5.74, 6) is -0.120. The molecule has 6 heteroatoms. The number of imide groups is 1. The SMILES string of the molecule is CC(C)[C@H]1COC(=O)N1C(=O)C[C@](C)(S)c1ccc(Cl)cc1. The normalized spacial score (nSPS) is 20.9. The highest BCUT2D eigenvalue weighted by molar-refractivity contribution is 7.81. The minimum atomic E-state index is -0.688. The molecule has 1 heterocycles. The van der Waals surface area contributed by atoms with Gasteiger partial charge in [-0.2, -0.15) is 12.6 Å². The highest BCUT2D eigenvalue weighted by Gasteiger charge is 2.41. The maximum atomic E-state index is 12.6. The minimum Gasteiger partial charge on any atom is -0.447 e. The lowest BCUT2D eigenvalue weighted by molar-refractivity contribution is -0.130. The Balaban J connectivity index is 2.16. The van der Waals surface area contributed by atoms with Gasteiger partial charge in [0.05, 0.1) is 6.04 Å². The molecule has 0 N–H and O–H groups in total. The number of carbonyl (C=O) groups excluding carboxylic acids is 2. The maximum absolute atomic E-state index is 12.6. The first-order chi connectivity index (χ1) is 10.2.